The van der Waals surface area contributed by atoms with Crippen LogP contribution in [-0.4, -0.2) is 55.1 Å². The van der Waals surface area contributed by atoms with Crippen LogP contribution in [0.2, 0.25) is 0 Å². The minimum Gasteiger partial charge on any atom is -0.312 e. The highest BCUT2D eigenvalue weighted by molar-refractivity contribution is 5.15. The first-order valence-corrected chi connectivity index (χ1v) is 6.64. The summed E-state index contributed by atoms with van der Waals surface area (Å²) in [6, 6.07) is 2.97. The normalized spacial score (nSPS) is 29.9. The van der Waals surface area contributed by atoms with E-state index in [1.807, 2.05) is 0 Å². The smallest absolute Gasteiger partial charge is 0.119 e. The van der Waals surface area contributed by atoms with Crippen LogP contribution in [0.5, 0.6) is 0 Å². The summed E-state index contributed by atoms with van der Waals surface area (Å²) in [7, 11) is 4.27. The monoisotopic (exact) mass is 236 g/mol. The van der Waals surface area contributed by atoms with Crippen molar-refractivity contribution in [3.8, 4) is 6.07 Å². The molecule has 1 aliphatic heterocycles. The second kappa shape index (κ2) is 4.93. The van der Waals surface area contributed by atoms with Crippen molar-refractivity contribution in [3.05, 3.63) is 0 Å². The molecule has 2 unspecified atom stereocenters. The Morgan fingerprint density at radius 1 is 1.41 bits per heavy atom. The van der Waals surface area contributed by atoms with Crippen LogP contribution in [0.3, 0.4) is 0 Å². The van der Waals surface area contributed by atoms with Crippen LogP contribution >= 0.6 is 0 Å². The number of nitrogens with zero attached hydrogens (tertiary/aromatic N) is 3. The van der Waals surface area contributed by atoms with Gasteiger partial charge in [-0.1, -0.05) is 0 Å². The lowest BCUT2D eigenvalue weighted by atomic mass is 9.94. The molecule has 0 aromatic heterocycles. The van der Waals surface area contributed by atoms with Crippen LogP contribution in [0.15, 0.2) is 0 Å². The van der Waals surface area contributed by atoms with Crippen LogP contribution < -0.4 is 5.73 Å². The zero-order valence-electron chi connectivity index (χ0n) is 11.0. The van der Waals surface area contributed by atoms with Gasteiger partial charge in [-0.2, -0.15) is 5.26 Å². The van der Waals surface area contributed by atoms with Gasteiger partial charge in [0.05, 0.1) is 6.07 Å². The van der Waals surface area contributed by atoms with Crippen LogP contribution in [-0.2, 0) is 0 Å². The van der Waals surface area contributed by atoms with Crippen molar-refractivity contribution in [1.29, 1.82) is 5.26 Å². The summed E-state index contributed by atoms with van der Waals surface area (Å²) in [5, 5.41) is 9.29. The minimum atomic E-state index is -0.603. The molecule has 0 amide bonds. The summed E-state index contributed by atoms with van der Waals surface area (Å²) >= 11 is 0. The first kappa shape index (κ1) is 12.8. The molecule has 0 radical (unpaired) electrons. The summed E-state index contributed by atoms with van der Waals surface area (Å²) in [5.74, 6) is 0.437. The van der Waals surface area contributed by atoms with Gasteiger partial charge in [-0.15, -0.1) is 0 Å². The molecular weight excluding hydrogens is 212 g/mol. The van der Waals surface area contributed by atoms with Crippen LogP contribution in [0.4, 0.5) is 0 Å². The molecule has 0 aromatic carbocycles. The Balaban J connectivity index is 1.92. The molecule has 2 fully saturated rings. The van der Waals surface area contributed by atoms with Gasteiger partial charge in [-0.25, -0.2) is 0 Å². The molecule has 1 saturated carbocycles. The number of nitrogens with two attached hydrogens (primary N) is 1. The predicted molar refractivity (Wildman–Crippen MR) is 68.4 cm³/mol. The molecule has 1 saturated heterocycles. The molecule has 0 spiro atoms. The van der Waals surface area contributed by atoms with Crippen LogP contribution in [0, 0.1) is 17.2 Å². The summed E-state index contributed by atoms with van der Waals surface area (Å²) in [6.07, 6.45) is 4.75. The minimum absolute atomic E-state index is 0.437. The van der Waals surface area contributed by atoms with Crippen molar-refractivity contribution in [1.82, 2.24) is 9.80 Å². The van der Waals surface area contributed by atoms with Gasteiger partial charge in [0.25, 0.3) is 0 Å². The van der Waals surface area contributed by atoms with E-state index in [2.05, 4.69) is 30.0 Å². The fourth-order valence-corrected chi connectivity index (χ4v) is 2.82. The number of nitriles is 1. The molecule has 4 nitrogen and oxygen atoms in total. The Bertz CT molecular complexity index is 305. The van der Waals surface area contributed by atoms with Crippen molar-refractivity contribution in [3.63, 3.8) is 0 Å². The summed E-state index contributed by atoms with van der Waals surface area (Å²) in [4.78, 5) is 4.67. The van der Waals surface area contributed by atoms with E-state index < -0.39 is 5.54 Å². The molecule has 0 bridgehead atoms. The van der Waals surface area contributed by atoms with E-state index in [-0.39, 0.29) is 0 Å². The maximum absolute atomic E-state index is 9.29. The van der Waals surface area contributed by atoms with Gasteiger partial charge in [-0.3, -0.25) is 4.90 Å². The van der Waals surface area contributed by atoms with Crippen molar-refractivity contribution in [2.45, 2.75) is 37.3 Å². The van der Waals surface area contributed by atoms with Crippen molar-refractivity contribution >= 4 is 0 Å². The Hall–Kier alpha value is -0.630. The quantitative estimate of drug-likeness (QED) is 0.778. The van der Waals surface area contributed by atoms with Gasteiger partial charge in [0, 0.05) is 19.1 Å². The third kappa shape index (κ3) is 2.98. The summed E-state index contributed by atoms with van der Waals surface area (Å²) in [6.45, 7) is 2.90. The Morgan fingerprint density at radius 2 is 2.12 bits per heavy atom. The number of hydrogen-bond donors (Lipinski definition) is 1. The van der Waals surface area contributed by atoms with Crippen LogP contribution in [0.25, 0.3) is 0 Å². The molecule has 2 N–H and O–H groups in total. The standard InChI is InChI=1S/C13H24N4/c1-16(2)12-4-3-7-17(8-12)10-13(15,9-14)11-5-6-11/h11-12H,3-8,10,15H2,1-2H3. The Kier molecular flexibility index (Phi) is 3.72. The molecule has 1 aliphatic carbocycles. The molecule has 2 atom stereocenters. The molecule has 0 aromatic rings. The summed E-state index contributed by atoms with van der Waals surface area (Å²) < 4.78 is 0. The van der Waals surface area contributed by atoms with E-state index in [1.54, 1.807) is 0 Å². The highest BCUT2D eigenvalue weighted by Crippen LogP contribution is 2.38. The average Bonchev–Trinajstić information content (AvgIpc) is 3.13. The molecule has 4 heteroatoms. The first-order valence-electron chi connectivity index (χ1n) is 6.64. The fourth-order valence-electron chi connectivity index (χ4n) is 2.82. The van der Waals surface area contributed by atoms with E-state index in [0.29, 0.717) is 12.0 Å². The molecule has 96 valence electrons. The lowest BCUT2D eigenvalue weighted by Gasteiger charge is -2.39. The van der Waals surface area contributed by atoms with Gasteiger partial charge < -0.3 is 10.6 Å². The Labute approximate surface area is 104 Å². The van der Waals surface area contributed by atoms with E-state index in [1.165, 1.54) is 12.8 Å². The number of likely N-dealkylation sites (N-methyl/N-ethyl adjacent to an activating group) is 1. The number of piperidine rings is 1. The van der Waals surface area contributed by atoms with E-state index >= 15 is 0 Å². The van der Waals surface area contributed by atoms with Crippen LogP contribution in [0.1, 0.15) is 25.7 Å². The van der Waals surface area contributed by atoms with Gasteiger partial charge in [-0.05, 0) is 52.2 Å². The Morgan fingerprint density at radius 3 is 2.65 bits per heavy atom. The topological polar surface area (TPSA) is 56.3 Å². The first-order chi connectivity index (χ1) is 8.05. The molecule has 1 heterocycles. The highest BCUT2D eigenvalue weighted by atomic mass is 15.2. The third-order valence-corrected chi connectivity index (χ3v) is 4.21. The number of likely N-dealkylation sites (tertiary alicyclic amines) is 1. The molecule has 2 aliphatic rings. The van der Waals surface area contributed by atoms with Crippen molar-refractivity contribution in [2.24, 2.45) is 11.7 Å². The zero-order valence-corrected chi connectivity index (χ0v) is 11.0. The van der Waals surface area contributed by atoms with Gasteiger partial charge in [0.15, 0.2) is 0 Å². The fraction of sp³-hybridized carbons (Fsp3) is 0.923. The van der Waals surface area contributed by atoms with Gasteiger partial charge in [0.1, 0.15) is 5.54 Å². The summed E-state index contributed by atoms with van der Waals surface area (Å²) in [5.41, 5.74) is 5.64. The van der Waals surface area contributed by atoms with Crippen molar-refractivity contribution < 1.29 is 0 Å². The number of hydrogen-bond acceptors (Lipinski definition) is 4. The van der Waals surface area contributed by atoms with Gasteiger partial charge in [0.2, 0.25) is 0 Å². The second-order valence-electron chi connectivity index (χ2n) is 5.92. The molecule has 17 heavy (non-hydrogen) atoms. The van der Waals surface area contributed by atoms with Crippen molar-refractivity contribution in [2.75, 3.05) is 33.7 Å². The largest absolute Gasteiger partial charge is 0.312 e. The maximum atomic E-state index is 9.29. The maximum Gasteiger partial charge on any atom is 0.119 e. The zero-order chi connectivity index (χ0) is 12.5. The lowest BCUT2D eigenvalue weighted by molar-refractivity contribution is 0.116. The van der Waals surface area contributed by atoms with E-state index in [9.17, 15) is 5.26 Å². The predicted octanol–water partition coefficient (Wildman–Crippen LogP) is 0.643. The second-order valence-corrected chi connectivity index (χ2v) is 5.92. The van der Waals surface area contributed by atoms with E-state index in [0.717, 1.165) is 32.5 Å². The highest BCUT2D eigenvalue weighted by Gasteiger charge is 2.44. The van der Waals surface area contributed by atoms with Gasteiger partial charge >= 0.3 is 0 Å². The third-order valence-electron chi connectivity index (χ3n) is 4.21. The number of rotatable bonds is 4. The molecular formula is C13H24N4. The molecule has 2 rings (SSSR count). The SMILES string of the molecule is CN(C)C1CCCN(CC(N)(C#N)C2CC2)C1. The average molecular weight is 236 g/mol. The lowest BCUT2D eigenvalue weighted by Crippen LogP contribution is -2.55. The van der Waals surface area contributed by atoms with E-state index in [4.69, 9.17) is 5.73 Å².